The van der Waals surface area contributed by atoms with E-state index in [0.717, 1.165) is 38.5 Å². The lowest BCUT2D eigenvalue weighted by Gasteiger charge is -2.16. The van der Waals surface area contributed by atoms with Gasteiger partial charge < -0.3 is 11.5 Å². The fourth-order valence-corrected chi connectivity index (χ4v) is 7.89. The largest absolute Gasteiger partial charge is 0.369 e. The van der Waals surface area contributed by atoms with Crippen LogP contribution in [0.4, 0.5) is 0 Å². The van der Waals surface area contributed by atoms with Gasteiger partial charge in [-0.3, -0.25) is 9.59 Å². The van der Waals surface area contributed by atoms with Crippen LogP contribution in [0.5, 0.6) is 0 Å². The van der Waals surface area contributed by atoms with Gasteiger partial charge in [0.2, 0.25) is 11.8 Å². The number of carbonyl (C=O) groups excluding carboxylic acids is 2. The highest BCUT2D eigenvalue weighted by molar-refractivity contribution is 8.77. The first-order valence-corrected chi connectivity index (χ1v) is 18.7. The van der Waals surface area contributed by atoms with Gasteiger partial charge in [-0.15, -0.1) is 0 Å². The van der Waals surface area contributed by atoms with Crippen LogP contribution in [0, 0.1) is 0 Å². The van der Waals surface area contributed by atoms with E-state index in [0.29, 0.717) is 0 Å². The molecule has 2 amide bonds. The summed E-state index contributed by atoms with van der Waals surface area (Å²) in [7, 11) is 2.95. The maximum atomic E-state index is 12.0. The average molecular weight is 573 g/mol. The van der Waals surface area contributed by atoms with Gasteiger partial charge in [0.1, 0.15) is 0 Å². The van der Waals surface area contributed by atoms with E-state index in [1.54, 1.807) is 0 Å². The van der Waals surface area contributed by atoms with Crippen LogP contribution in [-0.2, 0) is 9.59 Å². The molecule has 0 aliphatic rings. The van der Waals surface area contributed by atoms with Crippen molar-refractivity contribution in [3.05, 3.63) is 0 Å². The zero-order valence-corrected chi connectivity index (χ0v) is 27.0. The Hall–Kier alpha value is -0.360. The number of carbonyl (C=O) groups is 2. The number of amides is 2. The van der Waals surface area contributed by atoms with Crippen molar-refractivity contribution in [2.45, 2.75) is 191 Å². The third kappa shape index (κ3) is 25.9. The maximum Gasteiger partial charge on any atom is 0.231 e. The molecule has 0 fully saturated rings. The Balaban J connectivity index is 3.82. The van der Waals surface area contributed by atoms with Crippen molar-refractivity contribution in [3.8, 4) is 0 Å². The van der Waals surface area contributed by atoms with Crippen LogP contribution >= 0.6 is 21.6 Å². The van der Waals surface area contributed by atoms with Gasteiger partial charge in [-0.2, -0.15) is 0 Å². The number of hydrogen-bond acceptors (Lipinski definition) is 4. The van der Waals surface area contributed by atoms with Crippen molar-refractivity contribution < 1.29 is 9.59 Å². The molecule has 38 heavy (non-hydrogen) atoms. The molecule has 2 atom stereocenters. The second-order valence-electron chi connectivity index (χ2n) is 11.3. The first kappa shape index (κ1) is 37.6. The van der Waals surface area contributed by atoms with Crippen molar-refractivity contribution in [1.29, 1.82) is 0 Å². The first-order chi connectivity index (χ1) is 18.5. The van der Waals surface area contributed by atoms with E-state index in [4.69, 9.17) is 11.5 Å². The monoisotopic (exact) mass is 572 g/mol. The minimum absolute atomic E-state index is 0.230. The predicted octanol–water partition coefficient (Wildman–Crippen LogP) is 10.3. The molecule has 0 radical (unpaired) electrons. The Bertz CT molecular complexity index is 488. The smallest absolute Gasteiger partial charge is 0.231 e. The molecule has 0 aliphatic carbocycles. The second-order valence-corrected chi connectivity index (χ2v) is 14.0. The third-order valence-corrected chi connectivity index (χ3v) is 10.8. The number of hydrogen-bond donors (Lipinski definition) is 2. The normalized spacial score (nSPS) is 13.0. The summed E-state index contributed by atoms with van der Waals surface area (Å²) in [5, 5.41) is -0.459. The lowest BCUT2D eigenvalue weighted by atomic mass is 10.0. The van der Waals surface area contributed by atoms with E-state index in [1.165, 1.54) is 150 Å². The van der Waals surface area contributed by atoms with Crippen LogP contribution in [0.25, 0.3) is 0 Å². The van der Waals surface area contributed by atoms with Gasteiger partial charge >= 0.3 is 0 Å². The molecule has 4 nitrogen and oxygen atoms in total. The van der Waals surface area contributed by atoms with Gasteiger partial charge in [0.25, 0.3) is 0 Å². The van der Waals surface area contributed by atoms with Gasteiger partial charge in [0.15, 0.2) is 0 Å². The third-order valence-electron chi connectivity index (χ3n) is 7.56. The number of rotatable bonds is 31. The van der Waals surface area contributed by atoms with Crippen molar-refractivity contribution in [1.82, 2.24) is 0 Å². The Kier molecular flexibility index (Phi) is 29.3. The van der Waals surface area contributed by atoms with Crippen LogP contribution in [0.1, 0.15) is 181 Å². The Morgan fingerprint density at radius 3 is 0.842 bits per heavy atom. The zero-order chi connectivity index (χ0) is 28.1. The Morgan fingerprint density at radius 2 is 0.632 bits per heavy atom. The van der Waals surface area contributed by atoms with Crippen LogP contribution in [-0.4, -0.2) is 22.3 Å². The molecule has 0 aromatic rings. The topological polar surface area (TPSA) is 86.2 Å². The molecule has 0 aromatic carbocycles. The number of primary amides is 2. The van der Waals surface area contributed by atoms with Gasteiger partial charge in [0, 0.05) is 0 Å². The average Bonchev–Trinajstić information content (AvgIpc) is 2.89. The van der Waals surface area contributed by atoms with Gasteiger partial charge in [-0.05, 0) is 12.8 Å². The van der Waals surface area contributed by atoms with Gasteiger partial charge in [-0.1, -0.05) is 190 Å². The molecule has 0 bridgehead atoms. The van der Waals surface area contributed by atoms with Crippen molar-refractivity contribution in [2.24, 2.45) is 11.5 Å². The van der Waals surface area contributed by atoms with Gasteiger partial charge in [0.05, 0.1) is 10.5 Å². The molecular formula is C32H64N2O2S2. The summed E-state index contributed by atoms with van der Waals surface area (Å²) in [6, 6.07) is 0. The summed E-state index contributed by atoms with van der Waals surface area (Å²) in [5.41, 5.74) is 11.3. The summed E-state index contributed by atoms with van der Waals surface area (Å²) in [6.45, 7) is 4.53. The van der Waals surface area contributed by atoms with Crippen LogP contribution in [0.2, 0.25) is 0 Å². The van der Waals surface area contributed by atoms with E-state index < -0.39 is 0 Å². The van der Waals surface area contributed by atoms with Crippen LogP contribution in [0.15, 0.2) is 0 Å². The van der Waals surface area contributed by atoms with Crippen molar-refractivity contribution in [3.63, 3.8) is 0 Å². The Morgan fingerprint density at radius 1 is 0.421 bits per heavy atom. The fourth-order valence-electron chi connectivity index (χ4n) is 4.95. The lowest BCUT2D eigenvalue weighted by molar-refractivity contribution is -0.118. The molecule has 2 unspecified atom stereocenters. The Labute approximate surface area is 245 Å². The standard InChI is InChI=1S/C32H64N2O2S2/c1-3-5-7-9-11-13-15-17-19-21-23-25-27-29(31(33)35)37-38-30(32(34)36)28-26-24-22-20-18-16-14-12-10-8-6-4-2/h29-30H,3-28H2,1-2H3,(H2,33,35)(H2,34,36). The summed E-state index contributed by atoms with van der Waals surface area (Å²) in [4.78, 5) is 23.9. The fraction of sp³-hybridized carbons (Fsp3) is 0.938. The highest BCUT2D eigenvalue weighted by Gasteiger charge is 2.22. The molecule has 0 heterocycles. The van der Waals surface area contributed by atoms with E-state index in [9.17, 15) is 9.59 Å². The minimum Gasteiger partial charge on any atom is -0.369 e. The lowest BCUT2D eigenvalue weighted by Crippen LogP contribution is -2.28. The molecule has 0 aromatic heterocycles. The highest BCUT2D eigenvalue weighted by atomic mass is 33.1. The molecule has 0 rings (SSSR count). The summed E-state index contributed by atoms with van der Waals surface area (Å²) in [6.07, 6.45) is 32.9. The molecule has 0 saturated heterocycles. The molecule has 0 saturated carbocycles. The molecular weight excluding hydrogens is 508 g/mol. The summed E-state index contributed by atoms with van der Waals surface area (Å²) in [5.74, 6) is -0.529. The van der Waals surface area contributed by atoms with Crippen molar-refractivity contribution in [2.75, 3.05) is 0 Å². The first-order valence-electron chi connectivity index (χ1n) is 16.4. The molecule has 226 valence electrons. The summed E-state index contributed by atoms with van der Waals surface area (Å²) < 4.78 is 0. The maximum absolute atomic E-state index is 12.0. The molecule has 0 aliphatic heterocycles. The van der Waals surface area contributed by atoms with E-state index >= 15 is 0 Å². The zero-order valence-electron chi connectivity index (χ0n) is 25.3. The second kappa shape index (κ2) is 29.6. The van der Waals surface area contributed by atoms with Crippen LogP contribution in [0.3, 0.4) is 0 Å². The molecule has 4 N–H and O–H groups in total. The van der Waals surface area contributed by atoms with Crippen LogP contribution < -0.4 is 11.5 Å². The SMILES string of the molecule is CCCCCCCCCCCCCCC(SSC(CCCCCCCCCCCCCC)C(N)=O)C(N)=O. The minimum atomic E-state index is -0.265. The number of nitrogens with two attached hydrogens (primary N) is 2. The molecule has 0 spiro atoms. The quantitative estimate of drug-likeness (QED) is 0.0639. The highest BCUT2D eigenvalue weighted by Crippen LogP contribution is 2.35. The van der Waals surface area contributed by atoms with E-state index in [1.807, 2.05) is 0 Å². The van der Waals surface area contributed by atoms with E-state index in [2.05, 4.69) is 13.8 Å². The predicted molar refractivity (Wildman–Crippen MR) is 173 cm³/mol. The number of unbranched alkanes of at least 4 members (excludes halogenated alkanes) is 22. The van der Waals surface area contributed by atoms with Gasteiger partial charge in [-0.25, -0.2) is 0 Å². The molecule has 6 heteroatoms. The van der Waals surface area contributed by atoms with E-state index in [-0.39, 0.29) is 22.3 Å². The summed E-state index contributed by atoms with van der Waals surface area (Å²) >= 11 is 0. The van der Waals surface area contributed by atoms with Crippen molar-refractivity contribution >= 4 is 33.4 Å².